The van der Waals surface area contributed by atoms with Gasteiger partial charge in [0.1, 0.15) is 5.60 Å². The van der Waals surface area contributed by atoms with Gasteiger partial charge in [-0.25, -0.2) is 9.78 Å². The fourth-order valence-corrected chi connectivity index (χ4v) is 2.82. The van der Waals surface area contributed by atoms with E-state index in [1.54, 1.807) is 32.9 Å². The Morgan fingerprint density at radius 2 is 1.71 bits per heavy atom. The maximum Gasteiger partial charge on any atom is 0.407 e. The summed E-state index contributed by atoms with van der Waals surface area (Å²) in [6, 6.07) is 3.25. The molecule has 0 aliphatic heterocycles. The van der Waals surface area contributed by atoms with E-state index in [0.29, 0.717) is 35.4 Å². The first kappa shape index (κ1) is 24.0. The number of nitrogens with one attached hydrogen (secondary N) is 2. The molecular formula is C21H30N4O6. The second kappa shape index (κ2) is 10.6. The predicted molar refractivity (Wildman–Crippen MR) is 116 cm³/mol. The summed E-state index contributed by atoms with van der Waals surface area (Å²) in [6.45, 7) is 6.23. The quantitative estimate of drug-likeness (QED) is 0.578. The summed E-state index contributed by atoms with van der Waals surface area (Å²) < 4.78 is 17.1. The van der Waals surface area contributed by atoms with Crippen molar-refractivity contribution in [3.05, 3.63) is 28.8 Å². The number of amides is 2. The van der Waals surface area contributed by atoms with Gasteiger partial charge < -0.3 is 24.8 Å². The first-order chi connectivity index (χ1) is 14.6. The molecule has 0 aliphatic rings. The van der Waals surface area contributed by atoms with Crippen LogP contribution in [0.5, 0.6) is 11.5 Å². The fraction of sp³-hybridized carbons (Fsp3) is 0.524. The van der Waals surface area contributed by atoms with E-state index < -0.39 is 11.7 Å². The number of hydrogen-bond acceptors (Lipinski definition) is 7. The van der Waals surface area contributed by atoms with Gasteiger partial charge in [0.25, 0.3) is 5.56 Å². The van der Waals surface area contributed by atoms with Crippen molar-refractivity contribution in [3.8, 4) is 11.5 Å². The zero-order valence-electron chi connectivity index (χ0n) is 18.6. The van der Waals surface area contributed by atoms with Crippen molar-refractivity contribution >= 4 is 22.9 Å². The molecule has 2 rings (SSSR count). The third-order valence-corrected chi connectivity index (χ3v) is 4.25. The fourth-order valence-electron chi connectivity index (χ4n) is 2.82. The second-order valence-corrected chi connectivity index (χ2v) is 7.85. The number of alkyl carbamates (subject to hydrolysis) is 1. The number of methoxy groups -OCH3 is 2. The van der Waals surface area contributed by atoms with Crippen LogP contribution in [-0.2, 0) is 16.1 Å². The first-order valence-electron chi connectivity index (χ1n) is 9.99. The molecule has 0 bridgehead atoms. The van der Waals surface area contributed by atoms with Gasteiger partial charge in [-0.15, -0.1) is 0 Å². The molecule has 1 heterocycles. The normalized spacial score (nSPS) is 11.1. The Morgan fingerprint density at radius 1 is 1.06 bits per heavy atom. The van der Waals surface area contributed by atoms with Crippen molar-refractivity contribution in [2.75, 3.05) is 27.3 Å². The third-order valence-electron chi connectivity index (χ3n) is 4.25. The molecule has 10 nitrogen and oxygen atoms in total. The van der Waals surface area contributed by atoms with Crippen LogP contribution in [0.2, 0.25) is 0 Å². The average molecular weight is 434 g/mol. The van der Waals surface area contributed by atoms with E-state index in [1.165, 1.54) is 25.1 Å². The Morgan fingerprint density at radius 3 is 2.35 bits per heavy atom. The molecule has 2 aromatic rings. The second-order valence-electron chi connectivity index (χ2n) is 7.85. The third kappa shape index (κ3) is 7.16. The van der Waals surface area contributed by atoms with Gasteiger partial charge in [-0.3, -0.25) is 14.2 Å². The number of aryl methyl sites for hydroxylation is 1. The molecule has 31 heavy (non-hydrogen) atoms. The highest BCUT2D eigenvalue weighted by Crippen LogP contribution is 2.29. The highest BCUT2D eigenvalue weighted by Gasteiger charge is 2.15. The molecule has 0 aliphatic carbocycles. The topological polar surface area (TPSA) is 121 Å². The Balaban J connectivity index is 1.82. The Kier molecular flexibility index (Phi) is 8.23. The van der Waals surface area contributed by atoms with E-state index in [0.717, 1.165) is 0 Å². The molecule has 0 atom stereocenters. The number of ether oxygens (including phenoxy) is 3. The van der Waals surface area contributed by atoms with Gasteiger partial charge in [0.2, 0.25) is 5.91 Å². The number of aromatic nitrogens is 2. The van der Waals surface area contributed by atoms with Crippen LogP contribution in [0.1, 0.15) is 33.6 Å². The number of carbonyl (C=O) groups is 2. The first-order valence-corrected chi connectivity index (χ1v) is 9.99. The van der Waals surface area contributed by atoms with Gasteiger partial charge in [0, 0.05) is 32.1 Å². The van der Waals surface area contributed by atoms with Crippen LogP contribution in [0.15, 0.2) is 23.3 Å². The lowest BCUT2D eigenvalue weighted by Gasteiger charge is -2.19. The zero-order valence-corrected chi connectivity index (χ0v) is 18.6. The monoisotopic (exact) mass is 434 g/mol. The molecule has 0 radical (unpaired) electrons. The van der Waals surface area contributed by atoms with Crippen LogP contribution in [0.25, 0.3) is 10.9 Å². The lowest BCUT2D eigenvalue weighted by Crippen LogP contribution is -2.37. The minimum atomic E-state index is -0.569. The molecule has 0 saturated carbocycles. The van der Waals surface area contributed by atoms with Gasteiger partial charge in [-0.05, 0) is 33.3 Å². The van der Waals surface area contributed by atoms with Crippen LogP contribution >= 0.6 is 0 Å². The van der Waals surface area contributed by atoms with Crippen molar-refractivity contribution < 1.29 is 23.8 Å². The number of fused-ring (bicyclic) bond motifs is 1. The van der Waals surface area contributed by atoms with Crippen molar-refractivity contribution in [3.63, 3.8) is 0 Å². The highest BCUT2D eigenvalue weighted by molar-refractivity contribution is 5.81. The lowest BCUT2D eigenvalue weighted by molar-refractivity contribution is -0.121. The SMILES string of the molecule is COc1cc2ncn(CCCC(=O)NCCNC(=O)OC(C)(C)C)c(=O)c2cc1OC. The van der Waals surface area contributed by atoms with Crippen LogP contribution in [-0.4, -0.2) is 54.5 Å². The van der Waals surface area contributed by atoms with E-state index >= 15 is 0 Å². The molecule has 0 saturated heterocycles. The van der Waals surface area contributed by atoms with Gasteiger partial charge in [-0.1, -0.05) is 0 Å². The van der Waals surface area contributed by atoms with Gasteiger partial charge in [0.15, 0.2) is 11.5 Å². The van der Waals surface area contributed by atoms with Crippen molar-refractivity contribution in [1.29, 1.82) is 0 Å². The van der Waals surface area contributed by atoms with E-state index in [1.807, 2.05) is 0 Å². The number of carbonyl (C=O) groups excluding carboxylic acids is 2. The van der Waals surface area contributed by atoms with Crippen LogP contribution in [0.3, 0.4) is 0 Å². The standard InChI is InChI=1S/C21H30N4O6/c1-21(2,3)31-20(28)23-9-8-22-18(26)7-6-10-25-13-24-15-12-17(30-5)16(29-4)11-14(15)19(25)27/h11-13H,6-10H2,1-5H3,(H,22,26)(H,23,28). The summed E-state index contributed by atoms with van der Waals surface area (Å²) in [5, 5.41) is 5.70. The predicted octanol–water partition coefficient (Wildman–Crippen LogP) is 1.83. The summed E-state index contributed by atoms with van der Waals surface area (Å²) >= 11 is 0. The molecular weight excluding hydrogens is 404 g/mol. The van der Waals surface area contributed by atoms with E-state index in [2.05, 4.69) is 15.6 Å². The maximum absolute atomic E-state index is 12.7. The van der Waals surface area contributed by atoms with Crippen LogP contribution in [0.4, 0.5) is 4.79 Å². The molecule has 1 aromatic carbocycles. The molecule has 2 amide bonds. The number of rotatable bonds is 9. The zero-order chi connectivity index (χ0) is 23.0. The molecule has 0 unspecified atom stereocenters. The lowest BCUT2D eigenvalue weighted by atomic mass is 10.2. The van der Waals surface area contributed by atoms with Gasteiger partial charge >= 0.3 is 6.09 Å². The summed E-state index contributed by atoms with van der Waals surface area (Å²) in [5.41, 5.74) is -0.276. The number of benzene rings is 1. The van der Waals surface area contributed by atoms with E-state index in [-0.39, 0.29) is 31.0 Å². The molecule has 10 heteroatoms. The van der Waals surface area contributed by atoms with Gasteiger partial charge in [0.05, 0.1) is 31.4 Å². The van der Waals surface area contributed by atoms with Crippen molar-refractivity contribution in [1.82, 2.24) is 20.2 Å². The Bertz CT molecular complexity index is 980. The molecule has 0 spiro atoms. The summed E-state index contributed by atoms with van der Waals surface area (Å²) in [4.78, 5) is 40.5. The Labute approximate surface area is 180 Å². The largest absolute Gasteiger partial charge is 0.493 e. The summed E-state index contributed by atoms with van der Waals surface area (Å²) in [7, 11) is 3.02. The van der Waals surface area contributed by atoms with E-state index in [9.17, 15) is 14.4 Å². The number of hydrogen-bond donors (Lipinski definition) is 2. The molecule has 170 valence electrons. The molecule has 0 fully saturated rings. The maximum atomic E-state index is 12.7. The van der Waals surface area contributed by atoms with Crippen molar-refractivity contribution in [2.24, 2.45) is 0 Å². The average Bonchev–Trinajstić information content (AvgIpc) is 2.70. The van der Waals surface area contributed by atoms with Crippen molar-refractivity contribution in [2.45, 2.75) is 45.8 Å². The summed E-state index contributed by atoms with van der Waals surface area (Å²) in [5.74, 6) is 0.780. The number of nitrogens with zero attached hydrogens (tertiary/aromatic N) is 2. The molecule has 1 aromatic heterocycles. The van der Waals surface area contributed by atoms with Crippen LogP contribution < -0.4 is 25.7 Å². The smallest absolute Gasteiger partial charge is 0.407 e. The molecule has 2 N–H and O–H groups in total. The Hall–Kier alpha value is -3.30. The minimum Gasteiger partial charge on any atom is -0.493 e. The summed E-state index contributed by atoms with van der Waals surface area (Å²) in [6.07, 6.45) is 1.63. The minimum absolute atomic E-state index is 0.167. The highest BCUT2D eigenvalue weighted by atomic mass is 16.6. The van der Waals surface area contributed by atoms with Crippen LogP contribution in [0, 0.1) is 0 Å². The van der Waals surface area contributed by atoms with Gasteiger partial charge in [-0.2, -0.15) is 0 Å². The van der Waals surface area contributed by atoms with E-state index in [4.69, 9.17) is 14.2 Å².